The van der Waals surface area contributed by atoms with E-state index in [9.17, 15) is 4.79 Å². The minimum atomic E-state index is -0.342. The summed E-state index contributed by atoms with van der Waals surface area (Å²) in [5.41, 5.74) is 2.09. The van der Waals surface area contributed by atoms with Crippen LogP contribution in [0.3, 0.4) is 0 Å². The number of aromatic nitrogens is 1. The van der Waals surface area contributed by atoms with E-state index in [-0.39, 0.29) is 5.97 Å². The topological polar surface area (TPSA) is 51.2 Å². The highest BCUT2D eigenvalue weighted by molar-refractivity contribution is 7.17. The summed E-state index contributed by atoms with van der Waals surface area (Å²) in [4.78, 5) is 16.3. The average molecular weight is 323 g/mol. The van der Waals surface area contributed by atoms with Crippen molar-refractivity contribution in [1.29, 1.82) is 0 Å². The number of anilines is 2. The van der Waals surface area contributed by atoms with Crippen LogP contribution in [0.5, 0.6) is 0 Å². The van der Waals surface area contributed by atoms with Crippen molar-refractivity contribution in [2.45, 2.75) is 25.7 Å². The lowest BCUT2D eigenvalue weighted by Crippen LogP contribution is -2.01. The van der Waals surface area contributed by atoms with Crippen LogP contribution < -0.4 is 5.32 Å². The highest BCUT2D eigenvalue weighted by Gasteiger charge is 2.25. The quantitative estimate of drug-likeness (QED) is 0.818. The van der Waals surface area contributed by atoms with Gasteiger partial charge in [0.2, 0.25) is 0 Å². The molecule has 0 bridgehead atoms. The zero-order valence-electron chi connectivity index (χ0n) is 11.6. The molecule has 0 atom stereocenters. The fraction of sp³-hybridized carbons (Fsp3) is 0.333. The summed E-state index contributed by atoms with van der Waals surface area (Å²) in [5.74, 6) is 0.284. The van der Waals surface area contributed by atoms with Gasteiger partial charge < -0.3 is 10.1 Å². The van der Waals surface area contributed by atoms with Gasteiger partial charge in [0.1, 0.15) is 4.88 Å². The number of nitrogens with one attached hydrogen (secondary N) is 1. The number of hydrogen-bond donors (Lipinski definition) is 1. The van der Waals surface area contributed by atoms with Gasteiger partial charge >= 0.3 is 5.97 Å². The first-order chi connectivity index (χ1) is 10.2. The molecular weight excluding hydrogens is 308 g/mol. The molecule has 4 nitrogen and oxygen atoms in total. The standard InChI is InChI=1S/C15H15ClN2O2S/c1-2-20-14(19)13-8-17-15(21-13)18-10-5-6-11(9-3-4-9)12(16)7-10/h5-9H,2-4H2,1H3,(H,17,18). The maximum Gasteiger partial charge on any atom is 0.350 e. The maximum absolute atomic E-state index is 11.6. The molecule has 1 heterocycles. The lowest BCUT2D eigenvalue weighted by atomic mass is 10.1. The third-order valence-electron chi connectivity index (χ3n) is 3.25. The first kappa shape index (κ1) is 14.4. The Hall–Kier alpha value is -1.59. The summed E-state index contributed by atoms with van der Waals surface area (Å²) in [6, 6.07) is 5.95. The van der Waals surface area contributed by atoms with Crippen LogP contribution in [0.2, 0.25) is 5.02 Å². The Balaban J connectivity index is 1.71. The molecule has 1 aliphatic carbocycles. The number of ether oxygens (including phenoxy) is 1. The van der Waals surface area contributed by atoms with Gasteiger partial charge in [-0.15, -0.1) is 0 Å². The number of hydrogen-bond acceptors (Lipinski definition) is 5. The number of thiazole rings is 1. The van der Waals surface area contributed by atoms with Crippen molar-refractivity contribution in [3.05, 3.63) is 39.9 Å². The molecule has 0 amide bonds. The van der Waals surface area contributed by atoms with Gasteiger partial charge in [0, 0.05) is 10.7 Å². The van der Waals surface area contributed by atoms with Crippen molar-refractivity contribution in [3.63, 3.8) is 0 Å². The Morgan fingerprint density at radius 1 is 1.52 bits per heavy atom. The number of carbonyl (C=O) groups is 1. The fourth-order valence-corrected chi connectivity index (χ4v) is 3.15. The Morgan fingerprint density at radius 2 is 2.33 bits per heavy atom. The Bertz CT molecular complexity index is 667. The van der Waals surface area contributed by atoms with Crippen LogP contribution in [-0.4, -0.2) is 17.6 Å². The summed E-state index contributed by atoms with van der Waals surface area (Å²) in [5, 5.41) is 4.59. The molecule has 0 unspecified atom stereocenters. The fourth-order valence-electron chi connectivity index (χ4n) is 2.08. The number of benzene rings is 1. The van der Waals surface area contributed by atoms with Gasteiger partial charge in [-0.3, -0.25) is 0 Å². The van der Waals surface area contributed by atoms with E-state index in [2.05, 4.69) is 16.4 Å². The van der Waals surface area contributed by atoms with E-state index in [0.29, 0.717) is 22.5 Å². The van der Waals surface area contributed by atoms with E-state index in [1.807, 2.05) is 12.1 Å². The lowest BCUT2D eigenvalue weighted by Gasteiger charge is -2.06. The Kier molecular flexibility index (Phi) is 4.12. The largest absolute Gasteiger partial charge is 0.462 e. The molecule has 1 aliphatic rings. The molecule has 1 fully saturated rings. The van der Waals surface area contributed by atoms with Crippen LogP contribution in [0.1, 0.15) is 40.9 Å². The summed E-state index contributed by atoms with van der Waals surface area (Å²) in [6.07, 6.45) is 3.97. The molecule has 0 radical (unpaired) electrons. The van der Waals surface area contributed by atoms with Crippen LogP contribution in [0.4, 0.5) is 10.8 Å². The highest BCUT2D eigenvalue weighted by Crippen LogP contribution is 2.43. The van der Waals surface area contributed by atoms with E-state index in [4.69, 9.17) is 16.3 Å². The second kappa shape index (κ2) is 6.03. The molecule has 1 aromatic heterocycles. The average Bonchev–Trinajstić information content (AvgIpc) is 3.18. The van der Waals surface area contributed by atoms with Crippen LogP contribution in [-0.2, 0) is 4.74 Å². The summed E-state index contributed by atoms with van der Waals surface area (Å²) in [7, 11) is 0. The van der Waals surface area contributed by atoms with Gasteiger partial charge in [-0.2, -0.15) is 0 Å². The van der Waals surface area contributed by atoms with Gasteiger partial charge in [-0.1, -0.05) is 29.0 Å². The van der Waals surface area contributed by atoms with Crippen LogP contribution in [0, 0.1) is 0 Å². The third kappa shape index (κ3) is 3.36. The van der Waals surface area contributed by atoms with Crippen LogP contribution >= 0.6 is 22.9 Å². The molecule has 0 spiro atoms. The number of rotatable bonds is 5. The van der Waals surface area contributed by atoms with Crippen molar-refractivity contribution >= 4 is 39.7 Å². The molecule has 0 aliphatic heterocycles. The molecular formula is C15H15ClN2O2S. The smallest absolute Gasteiger partial charge is 0.350 e. The van der Waals surface area contributed by atoms with Gasteiger partial charge in [-0.05, 0) is 43.4 Å². The third-order valence-corrected chi connectivity index (χ3v) is 4.47. The number of nitrogens with zero attached hydrogens (tertiary/aromatic N) is 1. The summed E-state index contributed by atoms with van der Waals surface area (Å²) >= 11 is 7.56. The second-order valence-corrected chi connectivity index (χ2v) is 6.32. The normalized spacial score (nSPS) is 14.0. The van der Waals surface area contributed by atoms with Crippen LogP contribution in [0.25, 0.3) is 0 Å². The van der Waals surface area contributed by atoms with Crippen molar-refractivity contribution in [2.24, 2.45) is 0 Å². The number of carbonyl (C=O) groups excluding carboxylic acids is 1. The van der Waals surface area contributed by atoms with Gasteiger partial charge in [0.25, 0.3) is 0 Å². The van der Waals surface area contributed by atoms with Gasteiger partial charge in [0.15, 0.2) is 5.13 Å². The molecule has 1 saturated carbocycles. The number of esters is 1. The molecule has 21 heavy (non-hydrogen) atoms. The lowest BCUT2D eigenvalue weighted by molar-refractivity contribution is 0.0532. The van der Waals surface area contributed by atoms with E-state index in [1.165, 1.54) is 35.9 Å². The second-order valence-electron chi connectivity index (χ2n) is 4.89. The molecule has 1 N–H and O–H groups in total. The maximum atomic E-state index is 11.6. The first-order valence-corrected chi connectivity index (χ1v) is 8.06. The molecule has 0 saturated heterocycles. The minimum absolute atomic E-state index is 0.342. The number of halogens is 1. The summed E-state index contributed by atoms with van der Waals surface area (Å²) < 4.78 is 4.94. The molecule has 2 aromatic rings. The predicted octanol–water partition coefficient (Wildman–Crippen LogP) is 4.59. The van der Waals surface area contributed by atoms with Crippen molar-refractivity contribution in [2.75, 3.05) is 11.9 Å². The minimum Gasteiger partial charge on any atom is -0.462 e. The zero-order valence-corrected chi connectivity index (χ0v) is 13.1. The van der Waals surface area contributed by atoms with Crippen molar-refractivity contribution in [1.82, 2.24) is 4.98 Å². The SMILES string of the molecule is CCOC(=O)c1cnc(Nc2ccc(C3CC3)c(Cl)c2)s1. The van der Waals surface area contributed by atoms with E-state index in [1.54, 1.807) is 6.92 Å². The summed E-state index contributed by atoms with van der Waals surface area (Å²) in [6.45, 7) is 2.14. The monoisotopic (exact) mass is 322 g/mol. The molecule has 110 valence electrons. The molecule has 6 heteroatoms. The zero-order chi connectivity index (χ0) is 14.8. The van der Waals surface area contributed by atoms with Crippen molar-refractivity contribution in [3.8, 4) is 0 Å². The Labute approximate surface area is 132 Å². The van der Waals surface area contributed by atoms with Crippen LogP contribution in [0.15, 0.2) is 24.4 Å². The molecule has 1 aromatic carbocycles. The first-order valence-electron chi connectivity index (χ1n) is 6.86. The molecule has 3 rings (SSSR count). The van der Waals surface area contributed by atoms with Crippen molar-refractivity contribution < 1.29 is 9.53 Å². The van der Waals surface area contributed by atoms with Gasteiger partial charge in [0.05, 0.1) is 12.8 Å². The van der Waals surface area contributed by atoms with E-state index >= 15 is 0 Å². The van der Waals surface area contributed by atoms with E-state index in [0.717, 1.165) is 10.7 Å². The Morgan fingerprint density at radius 3 is 3.00 bits per heavy atom. The van der Waals surface area contributed by atoms with E-state index < -0.39 is 0 Å². The predicted molar refractivity (Wildman–Crippen MR) is 84.8 cm³/mol. The highest BCUT2D eigenvalue weighted by atomic mass is 35.5. The van der Waals surface area contributed by atoms with Gasteiger partial charge in [-0.25, -0.2) is 9.78 Å².